The Kier molecular flexibility index (Phi) is 6.81. The predicted octanol–water partition coefficient (Wildman–Crippen LogP) is 5.29. The summed E-state index contributed by atoms with van der Waals surface area (Å²) in [6.07, 6.45) is 5.92. The van der Waals surface area contributed by atoms with E-state index in [-0.39, 0.29) is 12.5 Å². The van der Waals surface area contributed by atoms with Gasteiger partial charge in [-0.3, -0.25) is 10.1 Å². The fraction of sp³-hybridized carbons (Fsp3) is 0.450. The molecule has 0 saturated heterocycles. The molecular weight excluding hydrogens is 362 g/mol. The lowest BCUT2D eigenvalue weighted by molar-refractivity contribution is -0.116. The highest BCUT2D eigenvalue weighted by Crippen LogP contribution is 2.36. The zero-order chi connectivity index (χ0) is 19.1. The molecule has 2 amide bonds. The Labute approximate surface area is 163 Å². The third kappa shape index (κ3) is 5.53. The van der Waals surface area contributed by atoms with Gasteiger partial charge in [0.15, 0.2) is 5.13 Å². The average molecular weight is 388 g/mol. The van der Waals surface area contributed by atoms with Crippen molar-refractivity contribution >= 4 is 33.5 Å². The number of benzene rings is 1. The van der Waals surface area contributed by atoms with Crippen molar-refractivity contribution in [3.05, 3.63) is 30.3 Å². The Hall–Kier alpha value is -2.41. The highest BCUT2D eigenvalue weighted by molar-refractivity contribution is 7.20. The quantitative estimate of drug-likeness (QED) is 0.677. The van der Waals surface area contributed by atoms with Crippen molar-refractivity contribution in [3.8, 4) is 11.3 Å². The first-order chi connectivity index (χ1) is 13.2. The lowest BCUT2D eigenvalue weighted by Crippen LogP contribution is -2.13. The lowest BCUT2D eigenvalue weighted by Gasteiger charge is -2.09. The van der Waals surface area contributed by atoms with Crippen molar-refractivity contribution in [2.24, 2.45) is 5.92 Å². The number of thiazole rings is 1. The van der Waals surface area contributed by atoms with Crippen molar-refractivity contribution in [1.29, 1.82) is 0 Å². The second kappa shape index (κ2) is 9.50. The van der Waals surface area contributed by atoms with E-state index < -0.39 is 6.09 Å². The number of hydrogen-bond acceptors (Lipinski definition) is 5. The minimum atomic E-state index is -0.551. The number of nitrogens with zero attached hydrogens (tertiary/aromatic N) is 1. The van der Waals surface area contributed by atoms with Crippen molar-refractivity contribution in [2.75, 3.05) is 17.2 Å². The van der Waals surface area contributed by atoms with Crippen LogP contribution in [-0.2, 0) is 9.53 Å². The molecule has 1 fully saturated rings. The molecule has 1 aromatic carbocycles. The number of carbonyl (C=O) groups excluding carboxylic acids is 2. The van der Waals surface area contributed by atoms with Crippen LogP contribution >= 0.6 is 11.3 Å². The zero-order valence-corrected chi connectivity index (χ0v) is 16.3. The molecule has 7 heteroatoms. The number of rotatable bonds is 7. The standard InChI is InChI=1S/C20H25N3O3S/c1-2-26-20(25)23-19-22-17(15-10-4-3-5-11-15)18(27-19)21-16(24)13-12-14-8-6-7-9-14/h3-5,10-11,14H,2,6-9,12-13H2,1H3,(H,21,24)(H,22,23,25). The molecule has 1 aliphatic rings. The summed E-state index contributed by atoms with van der Waals surface area (Å²) in [5, 5.41) is 6.65. The Balaban J connectivity index is 1.71. The average Bonchev–Trinajstić information content (AvgIpc) is 3.31. The maximum atomic E-state index is 12.4. The van der Waals surface area contributed by atoms with Crippen LogP contribution in [-0.4, -0.2) is 23.6 Å². The number of anilines is 2. The van der Waals surface area contributed by atoms with Crippen LogP contribution in [0.1, 0.15) is 45.4 Å². The molecule has 0 atom stereocenters. The minimum absolute atomic E-state index is 0.00887. The Morgan fingerprint density at radius 2 is 1.93 bits per heavy atom. The number of amides is 2. The van der Waals surface area contributed by atoms with Gasteiger partial charge in [0, 0.05) is 12.0 Å². The Bertz CT molecular complexity index is 770. The summed E-state index contributed by atoms with van der Waals surface area (Å²) >= 11 is 1.24. The summed E-state index contributed by atoms with van der Waals surface area (Å²) in [6, 6.07) is 9.61. The number of carbonyl (C=O) groups is 2. The van der Waals surface area contributed by atoms with Crippen molar-refractivity contribution in [3.63, 3.8) is 0 Å². The van der Waals surface area contributed by atoms with Gasteiger partial charge in [0.1, 0.15) is 10.7 Å². The van der Waals surface area contributed by atoms with Gasteiger partial charge < -0.3 is 10.1 Å². The first kappa shape index (κ1) is 19.4. The summed E-state index contributed by atoms with van der Waals surface area (Å²) in [5.74, 6) is 0.664. The second-order valence-electron chi connectivity index (χ2n) is 6.65. The van der Waals surface area contributed by atoms with E-state index in [2.05, 4.69) is 15.6 Å². The minimum Gasteiger partial charge on any atom is -0.450 e. The monoisotopic (exact) mass is 387 g/mol. The van der Waals surface area contributed by atoms with Crippen LogP contribution in [0.2, 0.25) is 0 Å². The first-order valence-electron chi connectivity index (χ1n) is 9.45. The summed E-state index contributed by atoms with van der Waals surface area (Å²) in [5.41, 5.74) is 1.54. The molecule has 0 radical (unpaired) electrons. The fourth-order valence-corrected chi connectivity index (χ4v) is 4.22. The van der Waals surface area contributed by atoms with Crippen LogP contribution in [0.5, 0.6) is 0 Å². The van der Waals surface area contributed by atoms with E-state index in [0.29, 0.717) is 28.2 Å². The maximum Gasteiger partial charge on any atom is 0.413 e. The van der Waals surface area contributed by atoms with Gasteiger partial charge >= 0.3 is 6.09 Å². The van der Waals surface area contributed by atoms with Gasteiger partial charge in [-0.1, -0.05) is 67.4 Å². The molecule has 0 aliphatic heterocycles. The van der Waals surface area contributed by atoms with E-state index in [1.165, 1.54) is 37.0 Å². The summed E-state index contributed by atoms with van der Waals surface area (Å²) < 4.78 is 4.91. The molecule has 144 valence electrons. The normalized spacial score (nSPS) is 14.1. The smallest absolute Gasteiger partial charge is 0.413 e. The molecule has 1 aromatic heterocycles. The lowest BCUT2D eigenvalue weighted by atomic mass is 10.0. The van der Waals surface area contributed by atoms with E-state index in [1.54, 1.807) is 6.92 Å². The highest BCUT2D eigenvalue weighted by Gasteiger charge is 2.19. The molecule has 0 spiro atoms. The highest BCUT2D eigenvalue weighted by atomic mass is 32.1. The molecule has 1 aliphatic carbocycles. The first-order valence-corrected chi connectivity index (χ1v) is 10.3. The molecule has 1 heterocycles. The van der Waals surface area contributed by atoms with Gasteiger partial charge in [0.05, 0.1) is 6.61 Å². The molecule has 1 saturated carbocycles. The topological polar surface area (TPSA) is 80.3 Å². The van der Waals surface area contributed by atoms with E-state index in [0.717, 1.165) is 12.0 Å². The molecule has 0 unspecified atom stereocenters. The second-order valence-corrected chi connectivity index (χ2v) is 7.64. The molecule has 6 nitrogen and oxygen atoms in total. The van der Waals surface area contributed by atoms with Gasteiger partial charge in [-0.25, -0.2) is 9.78 Å². The molecule has 2 aromatic rings. The van der Waals surface area contributed by atoms with Gasteiger partial charge in [0.25, 0.3) is 0 Å². The maximum absolute atomic E-state index is 12.4. The zero-order valence-electron chi connectivity index (χ0n) is 15.5. The van der Waals surface area contributed by atoms with Gasteiger partial charge in [-0.15, -0.1) is 0 Å². The van der Waals surface area contributed by atoms with Crippen molar-refractivity contribution in [1.82, 2.24) is 4.98 Å². The molecule has 3 rings (SSSR count). The Morgan fingerprint density at radius 3 is 2.63 bits per heavy atom. The third-order valence-corrected chi connectivity index (χ3v) is 5.55. The van der Waals surface area contributed by atoms with E-state index >= 15 is 0 Å². The van der Waals surface area contributed by atoms with E-state index in [9.17, 15) is 9.59 Å². The fourth-order valence-electron chi connectivity index (χ4n) is 3.33. The number of nitrogens with one attached hydrogen (secondary N) is 2. The van der Waals surface area contributed by atoms with Gasteiger partial charge in [-0.05, 0) is 19.3 Å². The summed E-state index contributed by atoms with van der Waals surface area (Å²) in [4.78, 5) is 28.6. The van der Waals surface area contributed by atoms with Crippen LogP contribution < -0.4 is 10.6 Å². The van der Waals surface area contributed by atoms with Gasteiger partial charge in [-0.2, -0.15) is 0 Å². The molecule has 2 N–H and O–H groups in total. The van der Waals surface area contributed by atoms with Crippen molar-refractivity contribution in [2.45, 2.75) is 45.4 Å². The number of ether oxygens (including phenoxy) is 1. The number of hydrogen-bond donors (Lipinski definition) is 2. The van der Waals surface area contributed by atoms with E-state index in [1.807, 2.05) is 30.3 Å². The number of aromatic nitrogens is 1. The van der Waals surface area contributed by atoms with Crippen LogP contribution in [0.4, 0.5) is 14.9 Å². The van der Waals surface area contributed by atoms with Crippen LogP contribution in [0.15, 0.2) is 30.3 Å². The van der Waals surface area contributed by atoms with Crippen LogP contribution in [0, 0.1) is 5.92 Å². The largest absolute Gasteiger partial charge is 0.450 e. The molecule has 27 heavy (non-hydrogen) atoms. The van der Waals surface area contributed by atoms with E-state index in [4.69, 9.17) is 4.74 Å². The molecular formula is C20H25N3O3S. The summed E-state index contributed by atoms with van der Waals surface area (Å²) in [7, 11) is 0. The van der Waals surface area contributed by atoms with Crippen LogP contribution in [0.25, 0.3) is 11.3 Å². The summed E-state index contributed by atoms with van der Waals surface area (Å²) in [6.45, 7) is 2.03. The third-order valence-electron chi connectivity index (χ3n) is 4.67. The predicted molar refractivity (Wildman–Crippen MR) is 108 cm³/mol. The van der Waals surface area contributed by atoms with Crippen LogP contribution in [0.3, 0.4) is 0 Å². The molecule has 0 bridgehead atoms. The van der Waals surface area contributed by atoms with Crippen molar-refractivity contribution < 1.29 is 14.3 Å². The Morgan fingerprint density at radius 1 is 1.19 bits per heavy atom. The SMILES string of the molecule is CCOC(=O)Nc1nc(-c2ccccc2)c(NC(=O)CCC2CCCC2)s1. The van der Waals surface area contributed by atoms with Gasteiger partial charge in [0.2, 0.25) is 5.91 Å².